The standard InChI is InChI=1S/C13H16N2O2/c1-3-13(16)15-14-11-8-7-10-9(11)5-4-6-12(10)17-2/h4-6H,3,7-8H2,1-2H3,(H,15,16)/b14-11-. The molecule has 0 fully saturated rings. The molecule has 0 saturated heterocycles. The Morgan fingerprint density at radius 2 is 2.29 bits per heavy atom. The number of carbonyl (C=O) groups excluding carboxylic acids is 1. The quantitative estimate of drug-likeness (QED) is 0.809. The number of carbonyl (C=O) groups is 1. The SMILES string of the molecule is CCC(=O)N/N=C1/CCc2c(OC)cccc21. The van der Waals surface area contributed by atoms with E-state index in [0.717, 1.165) is 29.9 Å². The lowest BCUT2D eigenvalue weighted by molar-refractivity contribution is -0.120. The zero-order valence-electron chi connectivity index (χ0n) is 10.1. The highest BCUT2D eigenvalue weighted by atomic mass is 16.5. The van der Waals surface area contributed by atoms with E-state index < -0.39 is 0 Å². The maximum atomic E-state index is 11.2. The van der Waals surface area contributed by atoms with Crippen molar-refractivity contribution in [1.82, 2.24) is 5.43 Å². The number of nitrogens with zero attached hydrogens (tertiary/aromatic N) is 1. The number of hydrazone groups is 1. The van der Waals surface area contributed by atoms with Crippen LogP contribution < -0.4 is 10.2 Å². The number of ether oxygens (including phenoxy) is 1. The van der Waals surface area contributed by atoms with Crippen molar-refractivity contribution in [3.05, 3.63) is 29.3 Å². The molecular weight excluding hydrogens is 216 g/mol. The van der Waals surface area contributed by atoms with Gasteiger partial charge in [0.15, 0.2) is 0 Å². The van der Waals surface area contributed by atoms with E-state index in [1.165, 1.54) is 5.56 Å². The third-order valence-electron chi connectivity index (χ3n) is 2.91. The summed E-state index contributed by atoms with van der Waals surface area (Å²) in [5, 5.41) is 4.17. The van der Waals surface area contributed by atoms with Crippen LogP contribution in [0.15, 0.2) is 23.3 Å². The fourth-order valence-corrected chi connectivity index (χ4v) is 1.99. The Morgan fingerprint density at radius 1 is 1.47 bits per heavy atom. The highest BCUT2D eigenvalue weighted by Crippen LogP contribution is 2.30. The van der Waals surface area contributed by atoms with E-state index in [4.69, 9.17) is 4.74 Å². The van der Waals surface area contributed by atoms with E-state index in [0.29, 0.717) is 6.42 Å². The minimum atomic E-state index is -0.0613. The first kappa shape index (κ1) is 11.6. The van der Waals surface area contributed by atoms with Crippen LogP contribution in [-0.4, -0.2) is 18.7 Å². The summed E-state index contributed by atoms with van der Waals surface area (Å²) in [5.74, 6) is 0.836. The van der Waals surface area contributed by atoms with Gasteiger partial charge in [-0.05, 0) is 18.9 Å². The average Bonchev–Trinajstić information content (AvgIpc) is 2.78. The van der Waals surface area contributed by atoms with Crippen molar-refractivity contribution < 1.29 is 9.53 Å². The monoisotopic (exact) mass is 232 g/mol. The Kier molecular flexibility index (Phi) is 3.42. The van der Waals surface area contributed by atoms with Crippen LogP contribution in [0.2, 0.25) is 0 Å². The lowest BCUT2D eigenvalue weighted by Crippen LogP contribution is -2.17. The Morgan fingerprint density at radius 3 is 3.00 bits per heavy atom. The molecule has 0 aromatic heterocycles. The molecule has 0 unspecified atom stereocenters. The van der Waals surface area contributed by atoms with Gasteiger partial charge in [-0.15, -0.1) is 0 Å². The molecule has 4 nitrogen and oxygen atoms in total. The zero-order chi connectivity index (χ0) is 12.3. The van der Waals surface area contributed by atoms with E-state index in [2.05, 4.69) is 10.5 Å². The molecule has 0 atom stereocenters. The van der Waals surface area contributed by atoms with Gasteiger partial charge in [-0.25, -0.2) is 5.43 Å². The van der Waals surface area contributed by atoms with Gasteiger partial charge in [-0.1, -0.05) is 19.1 Å². The highest BCUT2D eigenvalue weighted by Gasteiger charge is 2.21. The van der Waals surface area contributed by atoms with Crippen LogP contribution in [0.1, 0.15) is 30.9 Å². The molecule has 0 aliphatic heterocycles. The van der Waals surface area contributed by atoms with Gasteiger partial charge in [0.05, 0.1) is 12.8 Å². The molecule has 1 aromatic carbocycles. The van der Waals surface area contributed by atoms with Crippen LogP contribution in [0.5, 0.6) is 5.75 Å². The lowest BCUT2D eigenvalue weighted by Gasteiger charge is -2.06. The molecule has 0 spiro atoms. The lowest BCUT2D eigenvalue weighted by atomic mass is 10.1. The summed E-state index contributed by atoms with van der Waals surface area (Å²) < 4.78 is 5.31. The molecule has 1 amide bonds. The van der Waals surface area contributed by atoms with E-state index >= 15 is 0 Å². The average molecular weight is 232 g/mol. The summed E-state index contributed by atoms with van der Waals surface area (Å²) in [4.78, 5) is 11.2. The van der Waals surface area contributed by atoms with Crippen LogP contribution >= 0.6 is 0 Å². The highest BCUT2D eigenvalue weighted by molar-refractivity contribution is 6.05. The van der Waals surface area contributed by atoms with Crippen LogP contribution in [0.4, 0.5) is 0 Å². The second-order valence-electron chi connectivity index (χ2n) is 3.93. The topological polar surface area (TPSA) is 50.7 Å². The summed E-state index contributed by atoms with van der Waals surface area (Å²) in [6.07, 6.45) is 2.21. The Labute approximate surface area is 101 Å². The molecule has 1 aromatic rings. The number of amides is 1. The molecule has 0 bridgehead atoms. The normalized spacial score (nSPS) is 15.8. The first-order valence-corrected chi connectivity index (χ1v) is 5.78. The first-order chi connectivity index (χ1) is 8.26. The van der Waals surface area contributed by atoms with Gasteiger partial charge in [0.2, 0.25) is 5.91 Å². The fourth-order valence-electron chi connectivity index (χ4n) is 1.99. The predicted molar refractivity (Wildman–Crippen MR) is 66.3 cm³/mol. The van der Waals surface area contributed by atoms with Crippen molar-refractivity contribution in [3.63, 3.8) is 0 Å². The molecule has 1 aliphatic rings. The number of hydrogen-bond donors (Lipinski definition) is 1. The number of nitrogens with one attached hydrogen (secondary N) is 1. The van der Waals surface area contributed by atoms with Crippen molar-refractivity contribution in [2.75, 3.05) is 7.11 Å². The summed E-state index contributed by atoms with van der Waals surface area (Å²) in [6.45, 7) is 1.81. The molecule has 2 rings (SSSR count). The van der Waals surface area contributed by atoms with Crippen molar-refractivity contribution in [2.24, 2.45) is 5.10 Å². The second-order valence-corrected chi connectivity index (χ2v) is 3.93. The van der Waals surface area contributed by atoms with Gasteiger partial charge in [0.1, 0.15) is 5.75 Å². The van der Waals surface area contributed by atoms with Crippen LogP contribution in [0.3, 0.4) is 0 Å². The summed E-state index contributed by atoms with van der Waals surface area (Å²) in [7, 11) is 1.67. The second kappa shape index (κ2) is 4.99. The molecule has 1 N–H and O–H groups in total. The maximum Gasteiger partial charge on any atom is 0.239 e. The molecule has 17 heavy (non-hydrogen) atoms. The molecule has 4 heteroatoms. The maximum absolute atomic E-state index is 11.2. The van der Waals surface area contributed by atoms with Gasteiger partial charge in [-0.3, -0.25) is 4.79 Å². The molecular formula is C13H16N2O2. The van der Waals surface area contributed by atoms with Gasteiger partial charge in [0, 0.05) is 17.5 Å². The first-order valence-electron chi connectivity index (χ1n) is 5.78. The van der Waals surface area contributed by atoms with Crippen molar-refractivity contribution in [3.8, 4) is 5.75 Å². The Balaban J connectivity index is 2.25. The summed E-state index contributed by atoms with van der Waals surface area (Å²) in [6, 6.07) is 5.91. The summed E-state index contributed by atoms with van der Waals surface area (Å²) >= 11 is 0. The van der Waals surface area contributed by atoms with Crippen LogP contribution in [-0.2, 0) is 11.2 Å². The number of benzene rings is 1. The molecule has 0 heterocycles. The number of hydrogen-bond acceptors (Lipinski definition) is 3. The van der Waals surface area contributed by atoms with Gasteiger partial charge >= 0.3 is 0 Å². The largest absolute Gasteiger partial charge is 0.496 e. The zero-order valence-corrected chi connectivity index (χ0v) is 10.1. The number of fused-ring (bicyclic) bond motifs is 1. The van der Waals surface area contributed by atoms with Crippen molar-refractivity contribution in [2.45, 2.75) is 26.2 Å². The molecule has 0 radical (unpaired) electrons. The smallest absolute Gasteiger partial charge is 0.239 e. The van der Waals surface area contributed by atoms with E-state index in [-0.39, 0.29) is 5.91 Å². The van der Waals surface area contributed by atoms with E-state index in [1.54, 1.807) is 14.0 Å². The van der Waals surface area contributed by atoms with Crippen LogP contribution in [0.25, 0.3) is 0 Å². The van der Waals surface area contributed by atoms with Crippen molar-refractivity contribution >= 4 is 11.6 Å². The predicted octanol–water partition coefficient (Wildman–Crippen LogP) is 1.87. The molecule has 90 valence electrons. The Bertz CT molecular complexity index is 466. The molecule has 0 saturated carbocycles. The van der Waals surface area contributed by atoms with Gasteiger partial charge < -0.3 is 4.74 Å². The minimum Gasteiger partial charge on any atom is -0.496 e. The third-order valence-corrected chi connectivity index (χ3v) is 2.91. The number of rotatable bonds is 3. The van der Waals surface area contributed by atoms with Crippen molar-refractivity contribution in [1.29, 1.82) is 0 Å². The van der Waals surface area contributed by atoms with Gasteiger partial charge in [-0.2, -0.15) is 5.10 Å². The third kappa shape index (κ3) is 2.30. The van der Waals surface area contributed by atoms with E-state index in [9.17, 15) is 4.79 Å². The summed E-state index contributed by atoms with van der Waals surface area (Å²) in [5.41, 5.74) is 5.76. The Hall–Kier alpha value is -1.84. The fraction of sp³-hybridized carbons (Fsp3) is 0.385. The molecule has 1 aliphatic carbocycles. The van der Waals surface area contributed by atoms with Crippen LogP contribution in [0, 0.1) is 0 Å². The minimum absolute atomic E-state index is 0.0613. The van der Waals surface area contributed by atoms with Gasteiger partial charge in [0.25, 0.3) is 0 Å². The number of methoxy groups -OCH3 is 1. The van der Waals surface area contributed by atoms with E-state index in [1.807, 2.05) is 18.2 Å².